The molecular formula is C15H10Cl2O3S. The molecule has 0 amide bonds. The molecule has 3 rings (SSSR count). The Morgan fingerprint density at radius 3 is 2.71 bits per heavy atom. The molecule has 1 aromatic heterocycles. The molecule has 0 radical (unpaired) electrons. The zero-order chi connectivity index (χ0) is 15.0. The van der Waals surface area contributed by atoms with E-state index < -0.39 is 0 Å². The maximum Gasteiger partial charge on any atom is 0.339 e. The lowest BCUT2D eigenvalue weighted by atomic mass is 10.0. The molecule has 108 valence electrons. The largest absolute Gasteiger partial charge is 0.495 e. The van der Waals surface area contributed by atoms with Crippen LogP contribution >= 0.6 is 34.5 Å². The number of halogens is 2. The number of cyclic esters (lactones) is 1. The first-order chi connectivity index (χ1) is 10.1. The minimum atomic E-state index is -0.385. The summed E-state index contributed by atoms with van der Waals surface area (Å²) in [7, 11) is 1.53. The van der Waals surface area contributed by atoms with Gasteiger partial charge in [0.2, 0.25) is 0 Å². The summed E-state index contributed by atoms with van der Waals surface area (Å²) < 4.78 is 11.0. The van der Waals surface area contributed by atoms with Gasteiger partial charge in [-0.3, -0.25) is 0 Å². The third-order valence-corrected chi connectivity index (χ3v) is 4.86. The van der Waals surface area contributed by atoms with E-state index in [2.05, 4.69) is 0 Å². The van der Waals surface area contributed by atoms with Gasteiger partial charge in [0.15, 0.2) is 0 Å². The molecule has 6 heteroatoms. The van der Waals surface area contributed by atoms with Crippen LogP contribution in [0, 0.1) is 0 Å². The van der Waals surface area contributed by atoms with Gasteiger partial charge < -0.3 is 9.47 Å². The topological polar surface area (TPSA) is 35.5 Å². The molecule has 0 spiro atoms. The average molecular weight is 341 g/mol. The van der Waals surface area contributed by atoms with Crippen LogP contribution in [0.1, 0.15) is 10.4 Å². The Kier molecular flexibility index (Phi) is 3.93. The van der Waals surface area contributed by atoms with Crippen LogP contribution < -0.4 is 4.74 Å². The lowest BCUT2D eigenvalue weighted by molar-refractivity contribution is -0.133. The van der Waals surface area contributed by atoms with Crippen molar-refractivity contribution in [2.75, 3.05) is 13.7 Å². The molecule has 2 aromatic rings. The highest BCUT2D eigenvalue weighted by atomic mass is 35.5. The summed E-state index contributed by atoms with van der Waals surface area (Å²) in [6.45, 7) is 0.221. The number of ether oxygens (including phenoxy) is 2. The van der Waals surface area contributed by atoms with E-state index in [4.69, 9.17) is 32.7 Å². The van der Waals surface area contributed by atoms with Gasteiger partial charge in [-0.2, -0.15) is 0 Å². The van der Waals surface area contributed by atoms with Crippen molar-refractivity contribution in [1.29, 1.82) is 0 Å². The van der Waals surface area contributed by atoms with Gasteiger partial charge in [-0.05, 0) is 18.2 Å². The van der Waals surface area contributed by atoms with Crippen LogP contribution in [-0.4, -0.2) is 19.7 Å². The van der Waals surface area contributed by atoms with E-state index in [0.29, 0.717) is 26.2 Å². The molecule has 1 aliphatic rings. The van der Waals surface area contributed by atoms with E-state index in [1.54, 1.807) is 24.3 Å². The Hall–Kier alpha value is -1.49. The first-order valence-corrected chi connectivity index (χ1v) is 7.68. The number of hydrogen-bond donors (Lipinski definition) is 0. The summed E-state index contributed by atoms with van der Waals surface area (Å²) >= 11 is 13.7. The Labute approximate surface area is 135 Å². The van der Waals surface area contributed by atoms with Crippen LogP contribution in [0.2, 0.25) is 9.36 Å². The second-order valence-electron chi connectivity index (χ2n) is 4.36. The first kappa shape index (κ1) is 14.4. The molecule has 0 bridgehead atoms. The van der Waals surface area contributed by atoms with Gasteiger partial charge in [-0.15, -0.1) is 11.3 Å². The summed E-state index contributed by atoms with van der Waals surface area (Å²) in [5.41, 5.74) is 1.88. The van der Waals surface area contributed by atoms with Gasteiger partial charge in [-0.25, -0.2) is 4.79 Å². The minimum Gasteiger partial charge on any atom is -0.495 e. The number of hydrogen-bond acceptors (Lipinski definition) is 4. The van der Waals surface area contributed by atoms with E-state index >= 15 is 0 Å². The fraction of sp³-hybridized carbons (Fsp3) is 0.133. The summed E-state index contributed by atoms with van der Waals surface area (Å²) in [6, 6.07) is 8.98. The van der Waals surface area contributed by atoms with Crippen molar-refractivity contribution in [3.05, 3.63) is 50.1 Å². The predicted molar refractivity (Wildman–Crippen MR) is 85.1 cm³/mol. The van der Waals surface area contributed by atoms with E-state index in [-0.39, 0.29) is 12.6 Å². The van der Waals surface area contributed by atoms with Crippen LogP contribution in [0.15, 0.2) is 30.3 Å². The lowest BCUT2D eigenvalue weighted by Crippen LogP contribution is -2.00. The Morgan fingerprint density at radius 2 is 2.05 bits per heavy atom. The second kappa shape index (κ2) is 5.72. The number of benzene rings is 1. The quantitative estimate of drug-likeness (QED) is 0.770. The van der Waals surface area contributed by atoms with E-state index in [1.165, 1.54) is 18.4 Å². The number of methoxy groups -OCH3 is 1. The monoisotopic (exact) mass is 340 g/mol. The van der Waals surface area contributed by atoms with Crippen LogP contribution in [-0.2, 0) is 9.53 Å². The second-order valence-corrected chi connectivity index (χ2v) is 6.45. The van der Waals surface area contributed by atoms with Gasteiger partial charge in [0.25, 0.3) is 0 Å². The highest BCUT2D eigenvalue weighted by molar-refractivity contribution is 7.17. The summed E-state index contributed by atoms with van der Waals surface area (Å²) in [5.74, 6) is 0.134. The molecule has 0 fully saturated rings. The van der Waals surface area contributed by atoms with Gasteiger partial charge >= 0.3 is 5.97 Å². The summed E-state index contributed by atoms with van der Waals surface area (Å²) in [6.07, 6.45) is 0. The fourth-order valence-corrected chi connectivity index (χ4v) is 3.59. The lowest BCUT2D eigenvalue weighted by Gasteiger charge is -2.09. The molecule has 3 nitrogen and oxygen atoms in total. The molecule has 0 N–H and O–H groups in total. The number of rotatable bonds is 3. The van der Waals surface area contributed by atoms with E-state index in [1.807, 2.05) is 6.07 Å². The average Bonchev–Trinajstić information content (AvgIpc) is 3.05. The molecular weight excluding hydrogens is 331 g/mol. The third-order valence-electron chi connectivity index (χ3n) is 3.18. The molecule has 0 atom stereocenters. The van der Waals surface area contributed by atoms with E-state index in [9.17, 15) is 4.79 Å². The van der Waals surface area contributed by atoms with Gasteiger partial charge in [0.05, 0.1) is 22.0 Å². The molecule has 0 saturated carbocycles. The van der Waals surface area contributed by atoms with Crippen molar-refractivity contribution in [3.8, 4) is 5.75 Å². The zero-order valence-corrected chi connectivity index (χ0v) is 13.3. The van der Waals surface area contributed by atoms with Crippen molar-refractivity contribution in [1.82, 2.24) is 0 Å². The van der Waals surface area contributed by atoms with Crippen molar-refractivity contribution in [3.63, 3.8) is 0 Å². The minimum absolute atomic E-state index is 0.221. The zero-order valence-electron chi connectivity index (χ0n) is 11.0. The Balaban J connectivity index is 2.20. The third kappa shape index (κ3) is 2.55. The Bertz CT molecular complexity index is 749. The maximum absolute atomic E-state index is 12.1. The van der Waals surface area contributed by atoms with Crippen LogP contribution in [0.25, 0.3) is 11.1 Å². The molecule has 21 heavy (non-hydrogen) atoms. The van der Waals surface area contributed by atoms with Crippen molar-refractivity contribution in [2.45, 2.75) is 0 Å². The normalized spacial score (nSPS) is 14.5. The van der Waals surface area contributed by atoms with Crippen molar-refractivity contribution >= 4 is 51.7 Å². The van der Waals surface area contributed by atoms with E-state index in [0.717, 1.165) is 10.5 Å². The molecule has 1 aromatic carbocycles. The maximum atomic E-state index is 12.1. The standard InChI is InChI=1S/C15H10Cl2O3S/c1-19-10-4-2-3-8(14(10)17)13-9(7-20-15(13)18)11-5-6-12(16)21-11/h2-6H,7H2,1H3. The van der Waals surface area contributed by atoms with Gasteiger partial charge in [-0.1, -0.05) is 35.3 Å². The van der Waals surface area contributed by atoms with Crippen LogP contribution in [0.5, 0.6) is 5.75 Å². The van der Waals surface area contributed by atoms with Crippen LogP contribution in [0.3, 0.4) is 0 Å². The smallest absolute Gasteiger partial charge is 0.339 e. The summed E-state index contributed by atoms with van der Waals surface area (Å²) in [5, 5.41) is 0.397. The van der Waals surface area contributed by atoms with Crippen molar-refractivity contribution < 1.29 is 14.3 Å². The summed E-state index contributed by atoms with van der Waals surface area (Å²) in [4.78, 5) is 13.0. The molecule has 2 heterocycles. The van der Waals surface area contributed by atoms with Crippen LogP contribution in [0.4, 0.5) is 0 Å². The SMILES string of the molecule is COc1cccc(C2=C(c3ccc(Cl)s3)COC2=O)c1Cl. The van der Waals surface area contributed by atoms with Crippen molar-refractivity contribution in [2.24, 2.45) is 0 Å². The number of carbonyl (C=O) groups excluding carboxylic acids is 1. The number of esters is 1. The molecule has 0 unspecified atom stereocenters. The fourth-order valence-electron chi connectivity index (χ4n) is 2.21. The van der Waals surface area contributed by atoms with Gasteiger partial charge in [0.1, 0.15) is 12.4 Å². The number of thiophene rings is 1. The van der Waals surface area contributed by atoms with Gasteiger partial charge in [0, 0.05) is 16.0 Å². The molecule has 0 saturated heterocycles. The molecule has 0 aliphatic carbocycles. The highest BCUT2D eigenvalue weighted by Crippen LogP contribution is 2.41. The number of carbonyl (C=O) groups is 1. The predicted octanol–water partition coefficient (Wildman–Crippen LogP) is 4.53. The Morgan fingerprint density at radius 1 is 1.24 bits per heavy atom. The molecule has 1 aliphatic heterocycles. The highest BCUT2D eigenvalue weighted by Gasteiger charge is 2.30. The first-order valence-electron chi connectivity index (χ1n) is 6.10.